The summed E-state index contributed by atoms with van der Waals surface area (Å²) in [7, 11) is 0. The van der Waals surface area contributed by atoms with E-state index < -0.39 is 35.1 Å². The molecule has 0 unspecified atom stereocenters. The summed E-state index contributed by atoms with van der Waals surface area (Å²) in [5, 5.41) is 8.95. The summed E-state index contributed by atoms with van der Waals surface area (Å²) in [6.07, 6.45) is 1.44. The quantitative estimate of drug-likeness (QED) is 0.619. The van der Waals surface area contributed by atoms with Crippen LogP contribution in [0.2, 0.25) is 0 Å². The van der Waals surface area contributed by atoms with E-state index >= 15 is 0 Å². The standard InChI is InChI=1S/C21H13F5O3/c22-16-7-8-18(17(23)11-16)29-19-10-15(21(24,25)26)6-5-14(19)9-12-1-3-13(4-2-12)20(27)28/h1,3-11H,2H2,(H,27,28). The molecular formula is C21H13F5O3. The minimum atomic E-state index is -4.64. The smallest absolute Gasteiger partial charge is 0.416 e. The van der Waals surface area contributed by atoms with Gasteiger partial charge >= 0.3 is 12.1 Å². The van der Waals surface area contributed by atoms with Crippen LogP contribution in [-0.4, -0.2) is 11.1 Å². The zero-order valence-corrected chi connectivity index (χ0v) is 14.6. The van der Waals surface area contributed by atoms with E-state index in [2.05, 4.69) is 0 Å². The molecule has 29 heavy (non-hydrogen) atoms. The van der Waals surface area contributed by atoms with Crippen molar-refractivity contribution in [1.29, 1.82) is 0 Å². The van der Waals surface area contributed by atoms with Crippen LogP contribution in [0.1, 0.15) is 17.5 Å². The molecule has 0 fully saturated rings. The van der Waals surface area contributed by atoms with Gasteiger partial charge in [-0.15, -0.1) is 0 Å². The number of rotatable bonds is 4. The number of benzene rings is 2. The Kier molecular flexibility index (Phi) is 5.54. The van der Waals surface area contributed by atoms with Gasteiger partial charge < -0.3 is 9.84 Å². The van der Waals surface area contributed by atoms with E-state index in [1.807, 2.05) is 0 Å². The first-order valence-electron chi connectivity index (χ1n) is 8.30. The first kappa shape index (κ1) is 20.3. The average molecular weight is 408 g/mol. The van der Waals surface area contributed by atoms with Crippen LogP contribution in [0.15, 0.2) is 65.8 Å². The van der Waals surface area contributed by atoms with Gasteiger partial charge in [0, 0.05) is 11.6 Å². The van der Waals surface area contributed by atoms with Crippen molar-refractivity contribution in [3.05, 3.63) is 88.5 Å². The molecule has 3 nitrogen and oxygen atoms in total. The van der Waals surface area contributed by atoms with Crippen LogP contribution in [0.4, 0.5) is 22.0 Å². The van der Waals surface area contributed by atoms with Crippen LogP contribution in [0.5, 0.6) is 11.5 Å². The SMILES string of the molecule is O=C(O)C1=CCC(=Cc2ccc(C(F)(F)F)cc2Oc2ccc(F)cc2F)C=C1. The number of hydrogen-bond donors (Lipinski definition) is 1. The van der Waals surface area contributed by atoms with Crippen molar-refractivity contribution in [2.45, 2.75) is 12.6 Å². The number of halogens is 5. The number of ether oxygens (including phenoxy) is 1. The Hall–Kier alpha value is -3.42. The third-order valence-electron chi connectivity index (χ3n) is 4.08. The molecule has 0 atom stereocenters. The number of carbonyl (C=O) groups is 1. The van der Waals surface area contributed by atoms with E-state index in [0.29, 0.717) is 11.6 Å². The molecular weight excluding hydrogens is 395 g/mol. The van der Waals surface area contributed by atoms with Crippen LogP contribution < -0.4 is 4.74 Å². The van der Waals surface area contributed by atoms with E-state index in [9.17, 15) is 26.7 Å². The summed E-state index contributed by atoms with van der Waals surface area (Å²) < 4.78 is 71.5. The van der Waals surface area contributed by atoms with Gasteiger partial charge in [-0.3, -0.25) is 0 Å². The number of allylic oxidation sites excluding steroid dienone is 3. The second kappa shape index (κ2) is 7.90. The maximum absolute atomic E-state index is 13.9. The highest BCUT2D eigenvalue weighted by molar-refractivity contribution is 5.90. The van der Waals surface area contributed by atoms with Crippen molar-refractivity contribution in [2.75, 3.05) is 0 Å². The lowest BCUT2D eigenvalue weighted by atomic mass is 9.99. The summed E-state index contributed by atoms with van der Waals surface area (Å²) in [6, 6.07) is 5.20. The Labute approximate surface area is 162 Å². The molecule has 2 aromatic rings. The van der Waals surface area contributed by atoms with Crippen molar-refractivity contribution in [3.8, 4) is 11.5 Å². The number of aliphatic carboxylic acids is 1. The number of carboxylic acid groups (broad SMARTS) is 1. The molecule has 0 saturated carbocycles. The Morgan fingerprint density at radius 1 is 1.03 bits per heavy atom. The van der Waals surface area contributed by atoms with E-state index in [4.69, 9.17) is 9.84 Å². The maximum atomic E-state index is 13.9. The lowest BCUT2D eigenvalue weighted by molar-refractivity contribution is -0.137. The lowest BCUT2D eigenvalue weighted by Gasteiger charge is -2.14. The number of hydrogen-bond acceptors (Lipinski definition) is 2. The van der Waals surface area contributed by atoms with Crippen molar-refractivity contribution in [1.82, 2.24) is 0 Å². The molecule has 0 heterocycles. The molecule has 8 heteroatoms. The van der Waals surface area contributed by atoms with Gasteiger partial charge in [-0.05, 0) is 48.4 Å². The number of alkyl halides is 3. The average Bonchev–Trinajstić information content (AvgIpc) is 2.65. The predicted molar refractivity (Wildman–Crippen MR) is 95.3 cm³/mol. The molecule has 0 spiro atoms. The van der Waals surface area contributed by atoms with Crippen LogP contribution in [-0.2, 0) is 11.0 Å². The zero-order valence-electron chi connectivity index (χ0n) is 14.6. The van der Waals surface area contributed by atoms with Gasteiger partial charge in [-0.1, -0.05) is 18.2 Å². The minimum absolute atomic E-state index is 0.0967. The Bertz CT molecular complexity index is 1050. The van der Waals surface area contributed by atoms with Crippen molar-refractivity contribution in [2.24, 2.45) is 0 Å². The summed E-state index contributed by atoms with van der Waals surface area (Å²) >= 11 is 0. The minimum Gasteiger partial charge on any atom is -0.478 e. The Morgan fingerprint density at radius 3 is 2.38 bits per heavy atom. The third-order valence-corrected chi connectivity index (χ3v) is 4.08. The monoisotopic (exact) mass is 408 g/mol. The summed E-state index contributed by atoms with van der Waals surface area (Å²) in [4.78, 5) is 10.9. The molecule has 1 aliphatic rings. The van der Waals surface area contributed by atoms with E-state index in [1.54, 1.807) is 0 Å². The molecule has 0 saturated heterocycles. The van der Waals surface area contributed by atoms with Crippen molar-refractivity contribution >= 4 is 12.0 Å². The first-order valence-corrected chi connectivity index (χ1v) is 8.30. The third kappa shape index (κ3) is 4.90. The maximum Gasteiger partial charge on any atom is 0.416 e. The Balaban J connectivity index is 2.00. The van der Waals surface area contributed by atoms with Crippen LogP contribution in [0, 0.1) is 11.6 Å². The second-order valence-electron chi connectivity index (χ2n) is 6.15. The molecule has 0 radical (unpaired) electrons. The number of carboxylic acids is 1. The van der Waals surface area contributed by atoms with Gasteiger partial charge in [0.15, 0.2) is 11.6 Å². The summed E-state index contributed by atoms with van der Waals surface area (Å²) in [5.74, 6) is -3.72. The predicted octanol–water partition coefficient (Wildman–Crippen LogP) is 6.13. The van der Waals surface area contributed by atoms with E-state index in [1.165, 1.54) is 24.3 Å². The van der Waals surface area contributed by atoms with Gasteiger partial charge in [0.2, 0.25) is 0 Å². The molecule has 150 valence electrons. The summed E-state index contributed by atoms with van der Waals surface area (Å²) in [5.41, 5.74) is -0.0726. The summed E-state index contributed by atoms with van der Waals surface area (Å²) in [6.45, 7) is 0. The van der Waals surface area contributed by atoms with Gasteiger partial charge in [-0.2, -0.15) is 13.2 Å². The van der Waals surface area contributed by atoms with Crippen LogP contribution in [0.25, 0.3) is 6.08 Å². The second-order valence-corrected chi connectivity index (χ2v) is 6.15. The highest BCUT2D eigenvalue weighted by Crippen LogP contribution is 2.36. The highest BCUT2D eigenvalue weighted by atomic mass is 19.4. The molecule has 0 bridgehead atoms. The van der Waals surface area contributed by atoms with Gasteiger partial charge in [0.25, 0.3) is 0 Å². The fourth-order valence-electron chi connectivity index (χ4n) is 2.62. The molecule has 3 rings (SSSR count). The van der Waals surface area contributed by atoms with Gasteiger partial charge in [0.1, 0.15) is 11.6 Å². The van der Waals surface area contributed by atoms with Crippen LogP contribution >= 0.6 is 0 Å². The molecule has 2 aromatic carbocycles. The van der Waals surface area contributed by atoms with Gasteiger partial charge in [-0.25, -0.2) is 13.6 Å². The fourth-order valence-corrected chi connectivity index (χ4v) is 2.62. The zero-order chi connectivity index (χ0) is 21.2. The largest absolute Gasteiger partial charge is 0.478 e. The normalized spacial score (nSPS) is 15.3. The highest BCUT2D eigenvalue weighted by Gasteiger charge is 2.31. The fraction of sp³-hybridized carbons (Fsp3) is 0.0952. The van der Waals surface area contributed by atoms with E-state index in [-0.39, 0.29) is 23.3 Å². The first-order chi connectivity index (χ1) is 13.6. The van der Waals surface area contributed by atoms with Crippen molar-refractivity contribution in [3.63, 3.8) is 0 Å². The Morgan fingerprint density at radius 2 is 1.79 bits per heavy atom. The van der Waals surface area contributed by atoms with E-state index in [0.717, 1.165) is 30.3 Å². The molecule has 1 N–H and O–H groups in total. The topological polar surface area (TPSA) is 46.5 Å². The van der Waals surface area contributed by atoms with Gasteiger partial charge in [0.05, 0.1) is 11.1 Å². The molecule has 0 amide bonds. The molecule has 0 aliphatic heterocycles. The van der Waals surface area contributed by atoms with Crippen LogP contribution in [0.3, 0.4) is 0 Å². The molecule has 0 aromatic heterocycles. The molecule has 1 aliphatic carbocycles. The van der Waals surface area contributed by atoms with Crippen molar-refractivity contribution < 1.29 is 36.6 Å². The lowest BCUT2D eigenvalue weighted by Crippen LogP contribution is -2.05.